The van der Waals surface area contributed by atoms with E-state index < -0.39 is 0 Å². The molecule has 0 saturated carbocycles. The van der Waals surface area contributed by atoms with Crippen LogP contribution in [-0.2, 0) is 0 Å². The molecule has 80 valence electrons. The molecule has 2 heteroatoms. The number of aliphatic hydroxyl groups excluding tert-OH is 1. The zero-order chi connectivity index (χ0) is 11.2. The Morgan fingerprint density at radius 2 is 1.81 bits per heavy atom. The Morgan fingerprint density at radius 3 is 2.69 bits per heavy atom. The van der Waals surface area contributed by atoms with Gasteiger partial charge in [-0.1, -0.05) is 48.2 Å². The zero-order valence-corrected chi connectivity index (χ0v) is 8.81. The van der Waals surface area contributed by atoms with Gasteiger partial charge < -0.3 is 9.84 Å². The van der Waals surface area contributed by atoms with Crippen molar-refractivity contribution in [3.8, 4) is 17.6 Å². The average molecular weight is 212 g/mol. The third-order valence-electron chi connectivity index (χ3n) is 2.25. The average Bonchev–Trinajstić information content (AvgIpc) is 2.35. The normalized spacial score (nSPS) is 9.56. The van der Waals surface area contributed by atoms with E-state index in [9.17, 15) is 0 Å². The Balaban J connectivity index is 2.23. The molecular formula is C14H12O2. The van der Waals surface area contributed by atoms with Crippen molar-refractivity contribution in [3.63, 3.8) is 0 Å². The minimum Gasteiger partial charge on any atom is -0.480 e. The van der Waals surface area contributed by atoms with Gasteiger partial charge in [0, 0.05) is 5.39 Å². The molecule has 2 aromatic carbocycles. The van der Waals surface area contributed by atoms with Crippen LogP contribution in [0.4, 0.5) is 0 Å². The Bertz CT molecular complexity index is 530. The van der Waals surface area contributed by atoms with Crippen LogP contribution in [0.5, 0.6) is 5.75 Å². The lowest BCUT2D eigenvalue weighted by molar-refractivity contribution is 0.348. The van der Waals surface area contributed by atoms with Crippen LogP contribution in [0.3, 0.4) is 0 Å². The van der Waals surface area contributed by atoms with E-state index in [2.05, 4.69) is 11.8 Å². The molecule has 0 heterocycles. The maximum atomic E-state index is 8.51. The van der Waals surface area contributed by atoms with E-state index in [0.717, 1.165) is 16.5 Å². The van der Waals surface area contributed by atoms with Crippen LogP contribution < -0.4 is 4.74 Å². The SMILES string of the molecule is OCC#CCOc1cccc2ccccc12. The van der Waals surface area contributed by atoms with Crippen LogP contribution in [0, 0.1) is 11.8 Å². The van der Waals surface area contributed by atoms with Crippen molar-refractivity contribution in [1.82, 2.24) is 0 Å². The third kappa shape index (κ3) is 2.33. The van der Waals surface area contributed by atoms with Gasteiger partial charge in [0.25, 0.3) is 0 Å². The fourth-order valence-corrected chi connectivity index (χ4v) is 1.54. The molecule has 1 N–H and O–H groups in total. The number of benzene rings is 2. The van der Waals surface area contributed by atoms with Crippen molar-refractivity contribution in [3.05, 3.63) is 42.5 Å². The minimum absolute atomic E-state index is 0.126. The van der Waals surface area contributed by atoms with Gasteiger partial charge >= 0.3 is 0 Å². The highest BCUT2D eigenvalue weighted by Gasteiger charge is 1.99. The summed E-state index contributed by atoms with van der Waals surface area (Å²) in [4.78, 5) is 0. The van der Waals surface area contributed by atoms with E-state index >= 15 is 0 Å². The molecule has 0 unspecified atom stereocenters. The van der Waals surface area contributed by atoms with E-state index in [1.165, 1.54) is 0 Å². The van der Waals surface area contributed by atoms with E-state index in [0.29, 0.717) is 6.61 Å². The summed E-state index contributed by atoms with van der Waals surface area (Å²) in [5.74, 6) is 6.10. The third-order valence-corrected chi connectivity index (χ3v) is 2.25. The van der Waals surface area contributed by atoms with Crippen molar-refractivity contribution in [2.45, 2.75) is 0 Å². The minimum atomic E-state index is -0.126. The highest BCUT2D eigenvalue weighted by molar-refractivity contribution is 5.88. The molecule has 0 amide bonds. The van der Waals surface area contributed by atoms with E-state index in [4.69, 9.17) is 9.84 Å². The summed E-state index contributed by atoms with van der Waals surface area (Å²) < 4.78 is 5.54. The summed E-state index contributed by atoms with van der Waals surface area (Å²) in [6.07, 6.45) is 0. The van der Waals surface area contributed by atoms with Gasteiger partial charge in [-0.15, -0.1) is 0 Å². The van der Waals surface area contributed by atoms with Crippen molar-refractivity contribution < 1.29 is 9.84 Å². The van der Waals surface area contributed by atoms with Crippen molar-refractivity contribution in [2.75, 3.05) is 13.2 Å². The maximum Gasteiger partial charge on any atom is 0.149 e. The van der Waals surface area contributed by atoms with Gasteiger partial charge in [0.05, 0.1) is 0 Å². The van der Waals surface area contributed by atoms with Crippen molar-refractivity contribution in [2.24, 2.45) is 0 Å². The second-order valence-electron chi connectivity index (χ2n) is 3.28. The Morgan fingerprint density at radius 1 is 1.00 bits per heavy atom. The van der Waals surface area contributed by atoms with Crippen LogP contribution in [-0.4, -0.2) is 18.3 Å². The van der Waals surface area contributed by atoms with E-state index in [1.54, 1.807) is 0 Å². The molecule has 2 aromatic rings. The monoisotopic (exact) mass is 212 g/mol. The number of fused-ring (bicyclic) bond motifs is 1. The first-order valence-electron chi connectivity index (χ1n) is 5.09. The summed E-state index contributed by atoms with van der Waals surface area (Å²) in [7, 11) is 0. The Hall–Kier alpha value is -1.98. The zero-order valence-electron chi connectivity index (χ0n) is 8.81. The quantitative estimate of drug-likeness (QED) is 0.773. The topological polar surface area (TPSA) is 29.5 Å². The first-order valence-corrected chi connectivity index (χ1v) is 5.09. The lowest BCUT2D eigenvalue weighted by atomic mass is 10.1. The predicted molar refractivity (Wildman–Crippen MR) is 64.3 cm³/mol. The molecule has 0 aromatic heterocycles. The molecule has 16 heavy (non-hydrogen) atoms. The van der Waals surface area contributed by atoms with Crippen LogP contribution in [0.25, 0.3) is 10.8 Å². The smallest absolute Gasteiger partial charge is 0.149 e. The van der Waals surface area contributed by atoms with Gasteiger partial charge in [0.1, 0.15) is 19.0 Å². The molecule has 2 nitrogen and oxygen atoms in total. The van der Waals surface area contributed by atoms with Crippen LogP contribution in [0.2, 0.25) is 0 Å². The van der Waals surface area contributed by atoms with Gasteiger partial charge in [-0.05, 0) is 11.5 Å². The summed E-state index contributed by atoms with van der Waals surface area (Å²) in [5, 5.41) is 10.7. The molecule has 0 fully saturated rings. The van der Waals surface area contributed by atoms with Crippen LogP contribution in [0.15, 0.2) is 42.5 Å². The Kier molecular flexibility index (Phi) is 3.42. The molecule has 0 aliphatic carbocycles. The number of ether oxygens (including phenoxy) is 1. The van der Waals surface area contributed by atoms with Crippen molar-refractivity contribution >= 4 is 10.8 Å². The van der Waals surface area contributed by atoms with Gasteiger partial charge in [-0.2, -0.15) is 0 Å². The van der Waals surface area contributed by atoms with E-state index in [1.807, 2.05) is 42.5 Å². The maximum absolute atomic E-state index is 8.51. The molecule has 0 radical (unpaired) electrons. The molecule has 0 aliphatic heterocycles. The van der Waals surface area contributed by atoms with Gasteiger partial charge in [-0.25, -0.2) is 0 Å². The predicted octanol–water partition coefficient (Wildman–Crippen LogP) is 2.21. The highest BCUT2D eigenvalue weighted by atomic mass is 16.5. The molecule has 0 bridgehead atoms. The first-order chi connectivity index (χ1) is 7.92. The number of hydrogen-bond donors (Lipinski definition) is 1. The first kappa shape index (κ1) is 10.5. The standard InChI is InChI=1S/C14H12O2/c15-10-3-4-11-16-14-9-5-7-12-6-1-2-8-13(12)14/h1-2,5-9,15H,10-11H2. The molecule has 2 rings (SSSR count). The molecule has 0 atom stereocenters. The molecule has 0 aliphatic rings. The summed E-state index contributed by atoms with van der Waals surface area (Å²) in [6.45, 7) is 0.174. The second-order valence-corrected chi connectivity index (χ2v) is 3.28. The summed E-state index contributed by atoms with van der Waals surface area (Å²) in [5.41, 5.74) is 0. The van der Waals surface area contributed by atoms with Gasteiger partial charge in [0.15, 0.2) is 0 Å². The fraction of sp³-hybridized carbons (Fsp3) is 0.143. The van der Waals surface area contributed by atoms with Crippen LogP contribution >= 0.6 is 0 Å². The van der Waals surface area contributed by atoms with Gasteiger partial charge in [0.2, 0.25) is 0 Å². The van der Waals surface area contributed by atoms with E-state index in [-0.39, 0.29) is 6.61 Å². The lowest BCUT2D eigenvalue weighted by Crippen LogP contribution is -1.94. The number of rotatable bonds is 2. The highest BCUT2D eigenvalue weighted by Crippen LogP contribution is 2.24. The molecule has 0 saturated heterocycles. The molecule has 0 spiro atoms. The summed E-state index contributed by atoms with van der Waals surface area (Å²) >= 11 is 0. The van der Waals surface area contributed by atoms with Crippen molar-refractivity contribution in [1.29, 1.82) is 0 Å². The second kappa shape index (κ2) is 5.20. The van der Waals surface area contributed by atoms with Crippen LogP contribution in [0.1, 0.15) is 0 Å². The summed E-state index contributed by atoms with van der Waals surface area (Å²) in [6, 6.07) is 14.0. The number of hydrogen-bond acceptors (Lipinski definition) is 2. The Labute approximate surface area is 94.5 Å². The molecular weight excluding hydrogens is 200 g/mol. The lowest BCUT2D eigenvalue weighted by Gasteiger charge is -2.05. The number of aliphatic hydroxyl groups is 1. The van der Waals surface area contributed by atoms with Gasteiger partial charge in [-0.3, -0.25) is 0 Å². The fourth-order valence-electron chi connectivity index (χ4n) is 1.54. The largest absolute Gasteiger partial charge is 0.480 e.